The summed E-state index contributed by atoms with van der Waals surface area (Å²) in [5.41, 5.74) is 0.196. The van der Waals surface area contributed by atoms with Crippen molar-refractivity contribution in [1.29, 1.82) is 0 Å². The molecular formula is C17H15ClFNO3S. The summed E-state index contributed by atoms with van der Waals surface area (Å²) >= 11 is 7.45. The van der Waals surface area contributed by atoms with Crippen LogP contribution in [0.25, 0.3) is 0 Å². The van der Waals surface area contributed by atoms with Gasteiger partial charge in [-0.25, -0.2) is 9.18 Å². The fraction of sp³-hybridized carbons (Fsp3) is 0.176. The van der Waals surface area contributed by atoms with Gasteiger partial charge in [-0.3, -0.25) is 4.79 Å². The molecule has 126 valence electrons. The number of halogens is 2. The third-order valence-electron chi connectivity index (χ3n) is 3.18. The Morgan fingerprint density at radius 1 is 1.25 bits per heavy atom. The van der Waals surface area contributed by atoms with Crippen LogP contribution in [-0.4, -0.2) is 24.2 Å². The highest BCUT2D eigenvalue weighted by molar-refractivity contribution is 7.98. The van der Waals surface area contributed by atoms with E-state index >= 15 is 0 Å². The molecule has 0 aliphatic heterocycles. The monoisotopic (exact) mass is 367 g/mol. The maximum atomic E-state index is 13.5. The van der Waals surface area contributed by atoms with Gasteiger partial charge in [0.15, 0.2) is 6.10 Å². The number of nitrogens with one attached hydrogen (secondary N) is 1. The largest absolute Gasteiger partial charge is 0.449 e. The van der Waals surface area contributed by atoms with Gasteiger partial charge in [0, 0.05) is 4.90 Å². The standard InChI is InChI=1S/C17H15ClFNO3S/c1-10(16(21)20-15-6-4-3-5-14(15)19)23-17(22)12-9-11(24-2)7-8-13(12)18/h3-10H,1-2H3,(H,20,21)/t10-/m1/s1. The van der Waals surface area contributed by atoms with Crippen LogP contribution in [0.4, 0.5) is 10.1 Å². The summed E-state index contributed by atoms with van der Waals surface area (Å²) in [5, 5.41) is 2.61. The van der Waals surface area contributed by atoms with Gasteiger partial charge in [-0.1, -0.05) is 23.7 Å². The normalized spacial score (nSPS) is 11.7. The molecular weight excluding hydrogens is 353 g/mol. The Kier molecular flexibility index (Phi) is 6.23. The van der Waals surface area contributed by atoms with Crippen LogP contribution in [0.15, 0.2) is 47.4 Å². The van der Waals surface area contributed by atoms with Crippen molar-refractivity contribution in [1.82, 2.24) is 0 Å². The van der Waals surface area contributed by atoms with Crippen molar-refractivity contribution < 1.29 is 18.7 Å². The van der Waals surface area contributed by atoms with Gasteiger partial charge >= 0.3 is 5.97 Å². The van der Waals surface area contributed by atoms with Crippen LogP contribution >= 0.6 is 23.4 Å². The topological polar surface area (TPSA) is 55.4 Å². The molecule has 2 rings (SSSR count). The predicted octanol–water partition coefficient (Wildman–Crippen LogP) is 4.39. The SMILES string of the molecule is CSc1ccc(Cl)c(C(=O)O[C@H](C)C(=O)Nc2ccccc2F)c1. The van der Waals surface area contributed by atoms with E-state index in [0.717, 1.165) is 4.90 Å². The Morgan fingerprint density at radius 3 is 2.62 bits per heavy atom. The van der Waals surface area contributed by atoms with E-state index < -0.39 is 23.8 Å². The first-order chi connectivity index (χ1) is 11.4. The van der Waals surface area contributed by atoms with E-state index in [0.29, 0.717) is 0 Å². The number of carbonyl (C=O) groups is 2. The zero-order chi connectivity index (χ0) is 17.7. The summed E-state index contributed by atoms with van der Waals surface area (Å²) in [5.74, 6) is -1.92. The summed E-state index contributed by atoms with van der Waals surface area (Å²) in [6, 6.07) is 10.7. The van der Waals surface area contributed by atoms with E-state index in [-0.39, 0.29) is 16.3 Å². The third-order valence-corrected chi connectivity index (χ3v) is 4.23. The molecule has 0 aromatic heterocycles. The average Bonchev–Trinajstić information content (AvgIpc) is 2.57. The number of para-hydroxylation sites is 1. The first-order valence-corrected chi connectivity index (χ1v) is 8.62. The highest BCUT2D eigenvalue weighted by Gasteiger charge is 2.21. The fourth-order valence-electron chi connectivity index (χ4n) is 1.86. The van der Waals surface area contributed by atoms with Crippen molar-refractivity contribution in [2.75, 3.05) is 11.6 Å². The number of anilines is 1. The number of benzene rings is 2. The number of thioether (sulfide) groups is 1. The van der Waals surface area contributed by atoms with Crippen LogP contribution in [0.2, 0.25) is 5.02 Å². The molecule has 1 atom stereocenters. The first kappa shape index (κ1) is 18.3. The molecule has 0 aliphatic rings. The zero-order valence-electron chi connectivity index (χ0n) is 13.0. The molecule has 0 spiro atoms. The van der Waals surface area contributed by atoms with Gasteiger partial charge in [0.05, 0.1) is 16.3 Å². The summed E-state index contributed by atoms with van der Waals surface area (Å²) < 4.78 is 18.7. The maximum Gasteiger partial charge on any atom is 0.340 e. The van der Waals surface area contributed by atoms with E-state index in [2.05, 4.69) is 5.32 Å². The molecule has 0 aliphatic carbocycles. The van der Waals surface area contributed by atoms with Crippen molar-refractivity contribution in [3.05, 3.63) is 58.9 Å². The Morgan fingerprint density at radius 2 is 1.96 bits per heavy atom. The molecule has 1 amide bonds. The minimum absolute atomic E-state index is 0.0211. The van der Waals surface area contributed by atoms with Crippen molar-refractivity contribution in [2.24, 2.45) is 0 Å². The van der Waals surface area contributed by atoms with E-state index in [1.807, 2.05) is 6.26 Å². The Hall–Kier alpha value is -2.05. The molecule has 2 aromatic carbocycles. The van der Waals surface area contributed by atoms with Crippen molar-refractivity contribution in [2.45, 2.75) is 17.9 Å². The number of amides is 1. The summed E-state index contributed by atoms with van der Waals surface area (Å²) in [6.45, 7) is 1.40. The second kappa shape index (κ2) is 8.17. The van der Waals surface area contributed by atoms with Gasteiger partial charge in [0.25, 0.3) is 5.91 Å². The molecule has 0 saturated heterocycles. The smallest absolute Gasteiger partial charge is 0.340 e. The van der Waals surface area contributed by atoms with E-state index in [9.17, 15) is 14.0 Å². The average molecular weight is 368 g/mol. The van der Waals surface area contributed by atoms with Crippen LogP contribution in [0.1, 0.15) is 17.3 Å². The number of carbonyl (C=O) groups excluding carboxylic acids is 2. The van der Waals surface area contributed by atoms with Crippen molar-refractivity contribution >= 4 is 40.9 Å². The summed E-state index contributed by atoms with van der Waals surface area (Å²) in [6.07, 6.45) is 0.758. The second-order valence-corrected chi connectivity index (χ2v) is 6.15. The number of rotatable bonds is 5. The Labute approximate surface area is 148 Å². The lowest BCUT2D eigenvalue weighted by molar-refractivity contribution is -0.123. The van der Waals surface area contributed by atoms with Crippen LogP contribution < -0.4 is 5.32 Å². The van der Waals surface area contributed by atoms with Gasteiger partial charge in [-0.05, 0) is 43.5 Å². The highest BCUT2D eigenvalue weighted by atomic mass is 35.5. The van der Waals surface area contributed by atoms with E-state index in [4.69, 9.17) is 16.3 Å². The highest BCUT2D eigenvalue weighted by Crippen LogP contribution is 2.24. The Bertz CT molecular complexity index is 769. The predicted molar refractivity (Wildman–Crippen MR) is 93.1 cm³/mol. The molecule has 0 unspecified atom stereocenters. The van der Waals surface area contributed by atoms with Crippen LogP contribution in [0.3, 0.4) is 0 Å². The summed E-state index contributed by atoms with van der Waals surface area (Å²) in [7, 11) is 0. The third kappa shape index (κ3) is 4.49. The quantitative estimate of drug-likeness (QED) is 0.629. The maximum absolute atomic E-state index is 13.5. The lowest BCUT2D eigenvalue weighted by Gasteiger charge is -2.14. The molecule has 24 heavy (non-hydrogen) atoms. The summed E-state index contributed by atoms with van der Waals surface area (Å²) in [4.78, 5) is 25.1. The number of ether oxygens (including phenoxy) is 1. The zero-order valence-corrected chi connectivity index (χ0v) is 14.6. The van der Waals surface area contributed by atoms with Crippen LogP contribution in [0, 0.1) is 5.82 Å². The van der Waals surface area contributed by atoms with Gasteiger partial charge in [-0.15, -0.1) is 11.8 Å². The number of hydrogen-bond acceptors (Lipinski definition) is 4. The Balaban J connectivity index is 2.06. The van der Waals surface area contributed by atoms with Crippen molar-refractivity contribution in [3.63, 3.8) is 0 Å². The van der Waals surface area contributed by atoms with E-state index in [1.165, 1.54) is 36.9 Å². The lowest BCUT2D eigenvalue weighted by atomic mass is 10.2. The lowest BCUT2D eigenvalue weighted by Crippen LogP contribution is -2.30. The molecule has 0 bridgehead atoms. The first-order valence-electron chi connectivity index (χ1n) is 7.02. The number of esters is 1. The second-order valence-electron chi connectivity index (χ2n) is 4.86. The van der Waals surface area contributed by atoms with Gasteiger partial charge in [0.2, 0.25) is 0 Å². The number of hydrogen-bond donors (Lipinski definition) is 1. The molecule has 0 heterocycles. The molecule has 0 saturated carbocycles. The van der Waals surface area contributed by atoms with Crippen LogP contribution in [-0.2, 0) is 9.53 Å². The van der Waals surface area contributed by atoms with E-state index in [1.54, 1.807) is 24.3 Å². The fourth-order valence-corrected chi connectivity index (χ4v) is 2.50. The minimum Gasteiger partial charge on any atom is -0.449 e. The molecule has 1 N–H and O–H groups in total. The molecule has 4 nitrogen and oxygen atoms in total. The van der Waals surface area contributed by atoms with Gasteiger partial charge in [0.1, 0.15) is 5.82 Å². The van der Waals surface area contributed by atoms with Gasteiger partial charge in [-0.2, -0.15) is 0 Å². The minimum atomic E-state index is -1.11. The molecule has 0 radical (unpaired) electrons. The molecule has 0 fully saturated rings. The molecule has 7 heteroatoms. The van der Waals surface area contributed by atoms with Gasteiger partial charge < -0.3 is 10.1 Å². The molecule has 2 aromatic rings. The van der Waals surface area contributed by atoms with Crippen LogP contribution in [0.5, 0.6) is 0 Å². The van der Waals surface area contributed by atoms with Crippen molar-refractivity contribution in [3.8, 4) is 0 Å².